The first-order valence-corrected chi connectivity index (χ1v) is 7.07. The third kappa shape index (κ3) is 3.32. The fourth-order valence-electron chi connectivity index (χ4n) is 2.04. The zero-order chi connectivity index (χ0) is 16.6. The summed E-state index contributed by atoms with van der Waals surface area (Å²) < 4.78 is 38.9. The Labute approximate surface area is 138 Å². The summed E-state index contributed by atoms with van der Waals surface area (Å²) in [5.41, 5.74) is 0.869. The number of halogens is 5. The second kappa shape index (κ2) is 5.86. The summed E-state index contributed by atoms with van der Waals surface area (Å²) in [6.45, 7) is -1.25. The molecule has 0 amide bonds. The predicted molar refractivity (Wildman–Crippen MR) is 80.8 cm³/mol. The topological polar surface area (TPSA) is 55.1 Å². The van der Waals surface area contributed by atoms with Crippen molar-refractivity contribution >= 4 is 34.8 Å². The molecule has 2 aromatic heterocycles. The van der Waals surface area contributed by atoms with Crippen molar-refractivity contribution in [1.82, 2.24) is 19.6 Å². The minimum Gasteiger partial charge on any atom is -0.360 e. The number of hydrogen-bond donors (Lipinski definition) is 1. The van der Waals surface area contributed by atoms with Crippen LogP contribution in [0.2, 0.25) is 10.3 Å². The highest BCUT2D eigenvalue weighted by molar-refractivity contribution is 6.33. The van der Waals surface area contributed by atoms with Crippen molar-refractivity contribution in [1.29, 1.82) is 0 Å². The monoisotopic (exact) mass is 361 g/mol. The molecule has 0 saturated carbocycles. The first kappa shape index (κ1) is 15.8. The van der Waals surface area contributed by atoms with Gasteiger partial charge in [0.05, 0.1) is 0 Å². The molecule has 0 radical (unpaired) electrons. The Morgan fingerprint density at radius 2 is 1.87 bits per heavy atom. The number of anilines is 1. The second-order valence-corrected chi connectivity index (χ2v) is 5.31. The maximum absolute atomic E-state index is 12.6. The predicted octanol–water partition coefficient (Wildman–Crippen LogP) is 4.07. The van der Waals surface area contributed by atoms with E-state index in [1.807, 2.05) is 0 Å². The van der Waals surface area contributed by atoms with Crippen LogP contribution in [0.5, 0.6) is 0 Å². The number of benzene rings is 1. The van der Waals surface area contributed by atoms with Crippen LogP contribution in [-0.4, -0.2) is 32.3 Å². The molecule has 0 aliphatic heterocycles. The van der Waals surface area contributed by atoms with Crippen LogP contribution in [0.4, 0.5) is 19.0 Å². The molecule has 0 fully saturated rings. The van der Waals surface area contributed by atoms with Crippen LogP contribution >= 0.6 is 23.2 Å². The minimum absolute atomic E-state index is 0.0554. The highest BCUT2D eigenvalue weighted by Gasteiger charge is 2.28. The number of aromatic nitrogens is 4. The summed E-state index contributed by atoms with van der Waals surface area (Å²) in [6.07, 6.45) is -3.03. The van der Waals surface area contributed by atoms with E-state index in [1.165, 1.54) is 6.20 Å². The van der Waals surface area contributed by atoms with Crippen LogP contribution in [0.3, 0.4) is 0 Å². The van der Waals surface area contributed by atoms with E-state index < -0.39 is 12.7 Å². The standard InChI is InChI=1S/C13H8Cl2F3N5/c14-9-4-2-1-3-7(9)8-5-19-12-21-11(15)22-23(12)10(8)20-6-13(16,17)18/h1-5,20H,6H2. The summed E-state index contributed by atoms with van der Waals surface area (Å²) >= 11 is 11.8. The molecule has 3 rings (SSSR count). The molecular weight excluding hydrogens is 354 g/mol. The van der Waals surface area contributed by atoms with Crippen LogP contribution in [0.15, 0.2) is 30.5 Å². The largest absolute Gasteiger partial charge is 0.405 e. The molecule has 120 valence electrons. The molecule has 0 spiro atoms. The average molecular weight is 362 g/mol. The zero-order valence-corrected chi connectivity index (χ0v) is 12.8. The van der Waals surface area contributed by atoms with Gasteiger partial charge in [0, 0.05) is 22.3 Å². The van der Waals surface area contributed by atoms with Gasteiger partial charge in [-0.25, -0.2) is 4.98 Å². The van der Waals surface area contributed by atoms with Crippen molar-refractivity contribution in [3.05, 3.63) is 40.8 Å². The lowest BCUT2D eigenvalue weighted by atomic mass is 10.1. The quantitative estimate of drug-likeness (QED) is 0.763. The molecule has 1 aromatic carbocycles. The lowest BCUT2D eigenvalue weighted by Crippen LogP contribution is -2.23. The fourth-order valence-corrected chi connectivity index (χ4v) is 2.43. The Morgan fingerprint density at radius 1 is 1.13 bits per heavy atom. The van der Waals surface area contributed by atoms with Gasteiger partial charge < -0.3 is 5.32 Å². The minimum atomic E-state index is -4.41. The summed E-state index contributed by atoms with van der Waals surface area (Å²) in [7, 11) is 0. The van der Waals surface area contributed by atoms with Crippen LogP contribution in [0.25, 0.3) is 16.9 Å². The third-order valence-electron chi connectivity index (χ3n) is 2.96. The smallest absolute Gasteiger partial charge is 0.360 e. The Hall–Kier alpha value is -2.06. The van der Waals surface area contributed by atoms with Crippen LogP contribution in [0, 0.1) is 0 Å². The molecule has 2 heterocycles. The number of rotatable bonds is 3. The summed E-state index contributed by atoms with van der Waals surface area (Å²) in [5.74, 6) is 0.135. The molecule has 1 N–H and O–H groups in total. The van der Waals surface area contributed by atoms with Crippen molar-refractivity contribution in [2.24, 2.45) is 0 Å². The van der Waals surface area contributed by atoms with Gasteiger partial charge in [-0.3, -0.25) is 0 Å². The van der Waals surface area contributed by atoms with Gasteiger partial charge >= 0.3 is 6.18 Å². The van der Waals surface area contributed by atoms with Gasteiger partial charge in [-0.05, 0) is 17.7 Å². The number of alkyl halides is 3. The maximum Gasteiger partial charge on any atom is 0.405 e. The molecule has 0 unspecified atom stereocenters. The molecular formula is C13H8Cl2F3N5. The fraction of sp³-hybridized carbons (Fsp3) is 0.154. The molecule has 0 bridgehead atoms. The van der Waals surface area contributed by atoms with E-state index in [1.54, 1.807) is 24.3 Å². The van der Waals surface area contributed by atoms with E-state index in [-0.39, 0.29) is 16.9 Å². The molecule has 0 saturated heterocycles. The third-order valence-corrected chi connectivity index (χ3v) is 3.45. The van der Waals surface area contributed by atoms with E-state index in [2.05, 4.69) is 20.4 Å². The van der Waals surface area contributed by atoms with Crippen LogP contribution in [-0.2, 0) is 0 Å². The molecule has 23 heavy (non-hydrogen) atoms. The SMILES string of the molecule is FC(F)(F)CNc1c(-c2ccccc2Cl)cnc2nc(Cl)nn12. The molecule has 0 atom stereocenters. The van der Waals surface area contributed by atoms with E-state index in [0.717, 1.165) is 4.52 Å². The van der Waals surface area contributed by atoms with Gasteiger partial charge in [-0.15, -0.1) is 5.10 Å². The molecule has 10 heteroatoms. The molecule has 3 aromatic rings. The van der Waals surface area contributed by atoms with Crippen molar-refractivity contribution in [3.63, 3.8) is 0 Å². The van der Waals surface area contributed by atoms with E-state index >= 15 is 0 Å². The Balaban J connectivity index is 2.18. The first-order valence-electron chi connectivity index (χ1n) is 6.32. The number of hydrogen-bond acceptors (Lipinski definition) is 4. The van der Waals surface area contributed by atoms with Crippen molar-refractivity contribution in [2.45, 2.75) is 6.18 Å². The van der Waals surface area contributed by atoms with Gasteiger partial charge in [0.25, 0.3) is 5.78 Å². The Kier molecular flexibility index (Phi) is 4.03. The highest BCUT2D eigenvalue weighted by Crippen LogP contribution is 2.33. The summed E-state index contributed by atoms with van der Waals surface area (Å²) in [6, 6.07) is 6.73. The van der Waals surface area contributed by atoms with Crippen LogP contribution in [0.1, 0.15) is 0 Å². The van der Waals surface area contributed by atoms with Gasteiger partial charge in [0.2, 0.25) is 5.28 Å². The molecule has 0 aliphatic carbocycles. The van der Waals surface area contributed by atoms with E-state index in [4.69, 9.17) is 23.2 Å². The summed E-state index contributed by atoms with van der Waals surface area (Å²) in [5, 5.41) is 6.43. The molecule has 5 nitrogen and oxygen atoms in total. The van der Waals surface area contributed by atoms with Gasteiger partial charge in [0.1, 0.15) is 12.4 Å². The van der Waals surface area contributed by atoms with E-state index in [0.29, 0.717) is 16.1 Å². The van der Waals surface area contributed by atoms with Crippen LogP contribution < -0.4 is 5.32 Å². The Bertz CT molecular complexity index is 862. The molecule has 0 aliphatic rings. The van der Waals surface area contributed by atoms with Gasteiger partial charge in [0.15, 0.2) is 0 Å². The van der Waals surface area contributed by atoms with E-state index in [9.17, 15) is 13.2 Å². The lowest BCUT2D eigenvalue weighted by molar-refractivity contribution is -0.115. The van der Waals surface area contributed by atoms with Crippen molar-refractivity contribution in [3.8, 4) is 11.1 Å². The average Bonchev–Trinajstić information content (AvgIpc) is 2.85. The number of nitrogens with zero attached hydrogens (tertiary/aromatic N) is 4. The number of fused-ring (bicyclic) bond motifs is 1. The van der Waals surface area contributed by atoms with Gasteiger partial charge in [-0.2, -0.15) is 22.7 Å². The maximum atomic E-state index is 12.6. The zero-order valence-electron chi connectivity index (χ0n) is 11.3. The number of nitrogens with one attached hydrogen (secondary N) is 1. The van der Waals surface area contributed by atoms with Crippen molar-refractivity contribution in [2.75, 3.05) is 11.9 Å². The second-order valence-electron chi connectivity index (χ2n) is 4.56. The van der Waals surface area contributed by atoms with Gasteiger partial charge in [-0.1, -0.05) is 29.8 Å². The van der Waals surface area contributed by atoms with Crippen molar-refractivity contribution < 1.29 is 13.2 Å². The normalized spacial score (nSPS) is 11.9. The summed E-state index contributed by atoms with van der Waals surface area (Å²) in [4.78, 5) is 7.88. The lowest BCUT2D eigenvalue weighted by Gasteiger charge is -2.15. The highest BCUT2D eigenvalue weighted by atomic mass is 35.5. The Morgan fingerprint density at radius 3 is 2.57 bits per heavy atom. The first-order chi connectivity index (χ1) is 10.8.